The van der Waals surface area contributed by atoms with Gasteiger partial charge in [0.05, 0.1) is 29.8 Å². The molecule has 3 heterocycles. The number of rotatable bonds is 9. The second kappa shape index (κ2) is 15.5. The van der Waals surface area contributed by atoms with Crippen LogP contribution in [0.2, 0.25) is 0 Å². The highest BCUT2D eigenvalue weighted by molar-refractivity contribution is 6.05. The zero-order chi connectivity index (χ0) is 38.9. The molecule has 3 unspecified atom stereocenters. The number of fused-ring (bicyclic) bond motifs is 1. The maximum absolute atomic E-state index is 14.8. The average molecular weight is 761 g/mol. The zero-order valence-electron chi connectivity index (χ0n) is 29.5. The first kappa shape index (κ1) is 38.0. The number of benzene rings is 4. The summed E-state index contributed by atoms with van der Waals surface area (Å²) in [5.74, 6) is -2.32. The van der Waals surface area contributed by atoms with Gasteiger partial charge in [-0.15, -0.1) is 0 Å². The predicted molar refractivity (Wildman–Crippen MR) is 195 cm³/mol. The zero-order valence-corrected chi connectivity index (χ0v) is 29.5. The van der Waals surface area contributed by atoms with Crippen LogP contribution in [0.15, 0.2) is 109 Å². The molecule has 1 aromatic heterocycles. The van der Waals surface area contributed by atoms with Crippen LogP contribution in [0.25, 0.3) is 10.9 Å². The Morgan fingerprint density at radius 3 is 1.89 bits per heavy atom. The number of Topliss-reactive ketones (excluding diaryl/α,β-unsaturated/α-hetero) is 2. The van der Waals surface area contributed by atoms with Crippen molar-refractivity contribution in [3.8, 4) is 0 Å². The summed E-state index contributed by atoms with van der Waals surface area (Å²) in [6.45, 7) is -0.175. The second-order valence-electron chi connectivity index (χ2n) is 14.1. The highest BCUT2D eigenvalue weighted by atomic mass is 19.4. The van der Waals surface area contributed by atoms with Crippen molar-refractivity contribution in [2.24, 2.45) is 0 Å². The molecule has 4 aromatic carbocycles. The molecule has 55 heavy (non-hydrogen) atoms. The number of amides is 1. The topological polar surface area (TPSA) is 85.5 Å². The SMILES string of the molecule is O=C(c1ccccc1C(F)(F)F)C1CNC(Cc2c[nH]c3ccccc23)C(C(=O)c2ccccc2C(F)(F)F)N1CC(=O)N1CCC(c2ccccc2)CC1. The molecule has 2 saturated heterocycles. The van der Waals surface area contributed by atoms with Gasteiger partial charge < -0.3 is 15.2 Å². The van der Waals surface area contributed by atoms with E-state index < -0.39 is 76.8 Å². The van der Waals surface area contributed by atoms with Crippen LogP contribution in [0.4, 0.5) is 26.3 Å². The Hall–Kier alpha value is -5.27. The number of nitrogens with one attached hydrogen (secondary N) is 2. The Bertz CT molecular complexity index is 2180. The van der Waals surface area contributed by atoms with Crippen molar-refractivity contribution in [2.45, 2.75) is 55.7 Å². The molecular formula is C42H38F6N4O3. The first-order valence-electron chi connectivity index (χ1n) is 18.1. The summed E-state index contributed by atoms with van der Waals surface area (Å²) in [4.78, 5) is 49.4. The van der Waals surface area contributed by atoms with Crippen molar-refractivity contribution in [3.63, 3.8) is 0 Å². The highest BCUT2D eigenvalue weighted by Gasteiger charge is 2.48. The van der Waals surface area contributed by atoms with Gasteiger partial charge in [-0.3, -0.25) is 19.3 Å². The monoisotopic (exact) mass is 760 g/mol. The number of H-pyrrole nitrogens is 1. The van der Waals surface area contributed by atoms with Crippen LogP contribution >= 0.6 is 0 Å². The first-order chi connectivity index (χ1) is 26.3. The number of aromatic nitrogens is 1. The summed E-state index contributed by atoms with van der Waals surface area (Å²) in [6.07, 6.45) is -6.77. The van der Waals surface area contributed by atoms with Gasteiger partial charge in [0, 0.05) is 53.9 Å². The maximum Gasteiger partial charge on any atom is 0.417 e. The Morgan fingerprint density at radius 2 is 1.25 bits per heavy atom. The van der Waals surface area contributed by atoms with Crippen LogP contribution in [-0.2, 0) is 23.6 Å². The Balaban J connectivity index is 1.30. The highest BCUT2D eigenvalue weighted by Crippen LogP contribution is 2.37. The number of hydrogen-bond acceptors (Lipinski definition) is 5. The number of ketones is 2. The van der Waals surface area contributed by atoms with E-state index in [1.165, 1.54) is 17.0 Å². The molecule has 0 radical (unpaired) electrons. The third-order valence-electron chi connectivity index (χ3n) is 10.8. The van der Waals surface area contributed by atoms with Crippen LogP contribution < -0.4 is 5.32 Å². The fourth-order valence-electron chi connectivity index (χ4n) is 8.10. The van der Waals surface area contributed by atoms with E-state index >= 15 is 0 Å². The van der Waals surface area contributed by atoms with Gasteiger partial charge in [-0.1, -0.05) is 84.9 Å². The third kappa shape index (κ3) is 7.95. The molecule has 0 aliphatic carbocycles. The molecule has 1 amide bonds. The van der Waals surface area contributed by atoms with Gasteiger partial charge in [-0.25, -0.2) is 0 Å². The van der Waals surface area contributed by atoms with Crippen molar-refractivity contribution in [1.82, 2.24) is 20.1 Å². The number of aromatic amines is 1. The summed E-state index contributed by atoms with van der Waals surface area (Å²) in [5.41, 5.74) is -1.11. The molecule has 2 aliphatic rings. The van der Waals surface area contributed by atoms with Crippen LogP contribution in [-0.4, -0.2) is 76.6 Å². The van der Waals surface area contributed by atoms with Gasteiger partial charge in [0.1, 0.15) is 0 Å². The maximum atomic E-state index is 14.8. The lowest BCUT2D eigenvalue weighted by Crippen LogP contribution is -2.69. The van der Waals surface area contributed by atoms with Crippen LogP contribution in [0.3, 0.4) is 0 Å². The number of carbonyl (C=O) groups is 3. The molecule has 7 nitrogen and oxygen atoms in total. The molecule has 2 aliphatic heterocycles. The standard InChI is InChI=1S/C42H38F6N4O3/c43-41(44,45)32-15-7-4-13-30(32)39(54)36-24-50-35(22-28-23-49-34-17-9-6-12-29(28)34)38(40(55)31-14-5-8-16-33(31)42(46,47)48)52(36)25-37(53)51-20-18-27(19-21-51)26-10-2-1-3-11-26/h1-17,23,27,35-36,38,49-50H,18-22,24-25H2. The van der Waals surface area contributed by atoms with E-state index in [0.717, 1.165) is 58.4 Å². The molecule has 3 atom stereocenters. The molecule has 2 fully saturated rings. The molecule has 0 bridgehead atoms. The van der Waals surface area contributed by atoms with E-state index in [9.17, 15) is 40.7 Å². The number of likely N-dealkylation sites (tertiary alicyclic amines) is 1. The van der Waals surface area contributed by atoms with Gasteiger partial charge >= 0.3 is 12.4 Å². The van der Waals surface area contributed by atoms with Gasteiger partial charge in [-0.05, 0) is 54.5 Å². The molecule has 5 aromatic rings. The lowest BCUT2D eigenvalue weighted by Gasteiger charge is -2.46. The van der Waals surface area contributed by atoms with Crippen molar-refractivity contribution in [3.05, 3.63) is 143 Å². The van der Waals surface area contributed by atoms with E-state index in [0.29, 0.717) is 25.9 Å². The van der Waals surface area contributed by atoms with Crippen LogP contribution in [0.5, 0.6) is 0 Å². The summed E-state index contributed by atoms with van der Waals surface area (Å²) in [7, 11) is 0. The molecule has 0 saturated carbocycles. The van der Waals surface area contributed by atoms with Gasteiger partial charge in [0.2, 0.25) is 5.91 Å². The largest absolute Gasteiger partial charge is 0.417 e. The quantitative estimate of drug-likeness (QED) is 0.118. The molecule has 0 spiro atoms. The normalized spacial score (nSPS) is 20.1. The van der Waals surface area contributed by atoms with E-state index in [1.54, 1.807) is 11.1 Å². The number of para-hydroxylation sites is 1. The molecule has 7 rings (SSSR count). The summed E-state index contributed by atoms with van der Waals surface area (Å²) >= 11 is 0. The summed E-state index contributed by atoms with van der Waals surface area (Å²) < 4.78 is 86.1. The molecule has 13 heteroatoms. The lowest BCUT2D eigenvalue weighted by molar-refractivity contribution is -0.138. The number of carbonyl (C=O) groups excluding carboxylic acids is 3. The van der Waals surface area contributed by atoms with E-state index in [4.69, 9.17) is 0 Å². The predicted octanol–water partition coefficient (Wildman–Crippen LogP) is 7.93. The van der Waals surface area contributed by atoms with Crippen molar-refractivity contribution < 1.29 is 40.7 Å². The minimum Gasteiger partial charge on any atom is -0.361 e. The fourth-order valence-corrected chi connectivity index (χ4v) is 8.10. The van der Waals surface area contributed by atoms with E-state index in [-0.39, 0.29) is 18.9 Å². The fraction of sp³-hybridized carbons (Fsp3) is 0.310. The van der Waals surface area contributed by atoms with Crippen LogP contribution in [0.1, 0.15) is 61.7 Å². The van der Waals surface area contributed by atoms with Crippen molar-refractivity contribution >= 4 is 28.4 Å². The van der Waals surface area contributed by atoms with Crippen molar-refractivity contribution in [2.75, 3.05) is 26.2 Å². The second-order valence-corrected chi connectivity index (χ2v) is 14.1. The van der Waals surface area contributed by atoms with Crippen molar-refractivity contribution in [1.29, 1.82) is 0 Å². The molecular weight excluding hydrogens is 722 g/mol. The number of halogens is 6. The Kier molecular flexibility index (Phi) is 10.7. The number of piperidine rings is 1. The minimum atomic E-state index is -4.93. The molecule has 286 valence electrons. The third-order valence-corrected chi connectivity index (χ3v) is 10.8. The van der Waals surface area contributed by atoms with Crippen LogP contribution in [0, 0.1) is 0 Å². The molecule has 2 N–H and O–H groups in total. The summed E-state index contributed by atoms with van der Waals surface area (Å²) in [5, 5.41) is 3.96. The number of piperazine rings is 1. The Morgan fingerprint density at radius 1 is 0.691 bits per heavy atom. The van der Waals surface area contributed by atoms with E-state index in [2.05, 4.69) is 10.3 Å². The van der Waals surface area contributed by atoms with Gasteiger partial charge in [0.25, 0.3) is 0 Å². The summed E-state index contributed by atoms with van der Waals surface area (Å²) in [6, 6.07) is 21.6. The van der Waals surface area contributed by atoms with E-state index in [1.807, 2.05) is 54.6 Å². The van der Waals surface area contributed by atoms with Gasteiger partial charge in [0.15, 0.2) is 11.6 Å². The minimum absolute atomic E-state index is 0.0851. The Labute approximate surface area is 313 Å². The number of hydrogen-bond donors (Lipinski definition) is 2. The smallest absolute Gasteiger partial charge is 0.361 e. The van der Waals surface area contributed by atoms with Gasteiger partial charge in [-0.2, -0.15) is 26.3 Å². The number of alkyl halides is 6. The number of nitrogens with zero attached hydrogens (tertiary/aromatic N) is 2. The first-order valence-corrected chi connectivity index (χ1v) is 18.1. The average Bonchev–Trinajstić information content (AvgIpc) is 3.59. The lowest BCUT2D eigenvalue weighted by atomic mass is 9.84.